The highest BCUT2D eigenvalue weighted by atomic mass is 32.2. The van der Waals surface area contributed by atoms with Gasteiger partial charge < -0.3 is 14.4 Å². The van der Waals surface area contributed by atoms with Gasteiger partial charge in [-0.05, 0) is 37.1 Å². The van der Waals surface area contributed by atoms with E-state index >= 15 is 0 Å². The van der Waals surface area contributed by atoms with E-state index in [1.165, 1.54) is 11.8 Å². The van der Waals surface area contributed by atoms with Crippen molar-refractivity contribution in [3.8, 4) is 11.5 Å². The number of hydrogen-bond donors (Lipinski definition) is 0. The summed E-state index contributed by atoms with van der Waals surface area (Å²) in [5, 5.41) is 0.751. The molecule has 1 amide bonds. The zero-order valence-electron chi connectivity index (χ0n) is 15.0. The Morgan fingerprint density at radius 1 is 1.19 bits per heavy atom. The molecule has 0 aromatic heterocycles. The number of thioether (sulfide) groups is 1. The highest BCUT2D eigenvalue weighted by Gasteiger charge is 2.31. The van der Waals surface area contributed by atoms with Crippen LogP contribution in [0.15, 0.2) is 28.9 Å². The number of aliphatic imine (C=N–C) groups is 1. The molecule has 0 saturated carbocycles. The second-order valence-corrected chi connectivity index (χ2v) is 7.31. The number of rotatable bonds is 3. The summed E-state index contributed by atoms with van der Waals surface area (Å²) in [6.45, 7) is 4.79. The molecule has 1 fully saturated rings. The lowest BCUT2D eigenvalue weighted by Crippen LogP contribution is -2.50. The molecule has 0 radical (unpaired) electrons. The van der Waals surface area contributed by atoms with Gasteiger partial charge in [-0.25, -0.2) is 4.99 Å². The van der Waals surface area contributed by atoms with Crippen molar-refractivity contribution in [2.45, 2.75) is 0 Å². The number of ether oxygens (including phenoxy) is 2. The number of benzene rings is 1. The first-order valence-electron chi connectivity index (χ1n) is 8.61. The fourth-order valence-electron chi connectivity index (χ4n) is 3.16. The molecule has 0 N–H and O–H groups in total. The molecule has 1 aromatic rings. The molecule has 1 saturated heterocycles. The largest absolute Gasteiger partial charge is 0.454 e. The van der Waals surface area contributed by atoms with Crippen molar-refractivity contribution in [3.05, 3.63) is 29.5 Å². The molecule has 3 aliphatic rings. The summed E-state index contributed by atoms with van der Waals surface area (Å²) in [5.74, 6) is 1.38. The molecule has 8 heteroatoms. The van der Waals surface area contributed by atoms with Crippen LogP contribution in [0.25, 0.3) is 6.08 Å². The Kier molecular flexibility index (Phi) is 4.88. The van der Waals surface area contributed by atoms with Gasteiger partial charge in [-0.15, -0.1) is 0 Å². The molecular weight excluding hydrogens is 352 g/mol. The van der Waals surface area contributed by atoms with E-state index in [4.69, 9.17) is 9.47 Å². The number of piperazine rings is 1. The van der Waals surface area contributed by atoms with Gasteiger partial charge in [0.25, 0.3) is 5.91 Å². The van der Waals surface area contributed by atoms with Crippen LogP contribution in [0.4, 0.5) is 0 Å². The Hall–Kier alpha value is -2.03. The van der Waals surface area contributed by atoms with Gasteiger partial charge in [-0.1, -0.05) is 17.8 Å². The molecule has 0 spiro atoms. The Morgan fingerprint density at radius 2 is 1.96 bits per heavy atom. The predicted molar refractivity (Wildman–Crippen MR) is 102 cm³/mol. The Balaban J connectivity index is 1.51. The Morgan fingerprint density at radius 3 is 2.73 bits per heavy atom. The standard InChI is InChI=1S/C18H22N4O3S/c1-20-5-7-21(8-6-20)11-22-17(23)14(19-18(22)26-2)9-13-3-4-15-16(10-13)25-12-24-15/h3-4,9-10H,5-8,11-12H2,1-2H3. The van der Waals surface area contributed by atoms with E-state index < -0.39 is 0 Å². The van der Waals surface area contributed by atoms with E-state index in [0.717, 1.165) is 42.7 Å². The summed E-state index contributed by atoms with van der Waals surface area (Å²) in [6, 6.07) is 5.64. The molecule has 138 valence electrons. The van der Waals surface area contributed by atoms with Gasteiger partial charge in [-0.2, -0.15) is 0 Å². The molecule has 0 unspecified atom stereocenters. The lowest BCUT2D eigenvalue weighted by molar-refractivity contribution is -0.124. The van der Waals surface area contributed by atoms with E-state index in [1.54, 1.807) is 4.90 Å². The highest BCUT2D eigenvalue weighted by Crippen LogP contribution is 2.33. The zero-order valence-corrected chi connectivity index (χ0v) is 15.8. The molecule has 1 aromatic carbocycles. The van der Waals surface area contributed by atoms with Crippen molar-refractivity contribution in [2.75, 3.05) is 52.9 Å². The van der Waals surface area contributed by atoms with Gasteiger partial charge in [-0.3, -0.25) is 14.6 Å². The molecule has 26 heavy (non-hydrogen) atoms. The summed E-state index contributed by atoms with van der Waals surface area (Å²) >= 11 is 1.50. The summed E-state index contributed by atoms with van der Waals surface area (Å²) < 4.78 is 10.7. The molecule has 4 rings (SSSR count). The molecule has 3 heterocycles. The number of fused-ring (bicyclic) bond motifs is 1. The maximum absolute atomic E-state index is 12.9. The molecule has 0 bridgehead atoms. The minimum Gasteiger partial charge on any atom is -0.454 e. The quantitative estimate of drug-likeness (QED) is 0.748. The summed E-state index contributed by atoms with van der Waals surface area (Å²) in [4.78, 5) is 23.8. The van der Waals surface area contributed by atoms with E-state index in [1.807, 2.05) is 30.5 Å². The third-order valence-electron chi connectivity index (χ3n) is 4.73. The summed E-state index contributed by atoms with van der Waals surface area (Å²) in [5.41, 5.74) is 1.34. The third-order valence-corrected chi connectivity index (χ3v) is 5.41. The van der Waals surface area contributed by atoms with Crippen LogP contribution in [0, 0.1) is 0 Å². The number of amidine groups is 1. The first-order chi connectivity index (χ1) is 12.6. The number of amides is 1. The predicted octanol–water partition coefficient (Wildman–Crippen LogP) is 1.52. The normalized spacial score (nSPS) is 22.4. The smallest absolute Gasteiger partial charge is 0.279 e. The second-order valence-electron chi connectivity index (χ2n) is 6.54. The van der Waals surface area contributed by atoms with Crippen molar-refractivity contribution in [1.29, 1.82) is 0 Å². The lowest BCUT2D eigenvalue weighted by Gasteiger charge is -2.34. The van der Waals surface area contributed by atoms with Crippen LogP contribution < -0.4 is 9.47 Å². The first kappa shape index (κ1) is 17.4. The van der Waals surface area contributed by atoms with Crippen molar-refractivity contribution in [1.82, 2.24) is 14.7 Å². The van der Waals surface area contributed by atoms with Crippen LogP contribution >= 0.6 is 11.8 Å². The van der Waals surface area contributed by atoms with Gasteiger partial charge in [0, 0.05) is 26.2 Å². The monoisotopic (exact) mass is 374 g/mol. The Bertz CT molecular complexity index is 772. The van der Waals surface area contributed by atoms with E-state index in [-0.39, 0.29) is 12.7 Å². The first-order valence-corrected chi connectivity index (χ1v) is 9.83. The SMILES string of the molecule is CSC1=NC(=Cc2ccc3c(c2)OCO3)C(=O)N1CN1CCN(C)CC1. The van der Waals surface area contributed by atoms with Crippen LogP contribution in [0.3, 0.4) is 0 Å². The van der Waals surface area contributed by atoms with Crippen molar-refractivity contribution >= 4 is 28.9 Å². The van der Waals surface area contributed by atoms with E-state index in [0.29, 0.717) is 18.1 Å². The van der Waals surface area contributed by atoms with Gasteiger partial charge in [0.15, 0.2) is 16.7 Å². The number of nitrogens with zero attached hydrogens (tertiary/aromatic N) is 4. The van der Waals surface area contributed by atoms with Crippen LogP contribution in [0.5, 0.6) is 11.5 Å². The number of carbonyl (C=O) groups excluding carboxylic acids is 1. The van der Waals surface area contributed by atoms with Gasteiger partial charge in [0.05, 0.1) is 6.67 Å². The summed E-state index contributed by atoms with van der Waals surface area (Å²) in [6.07, 6.45) is 3.76. The maximum Gasteiger partial charge on any atom is 0.279 e. The average Bonchev–Trinajstić information content (AvgIpc) is 3.22. The lowest BCUT2D eigenvalue weighted by atomic mass is 10.1. The third kappa shape index (κ3) is 3.44. The molecule has 0 atom stereocenters. The summed E-state index contributed by atoms with van der Waals surface area (Å²) in [7, 11) is 2.12. The van der Waals surface area contributed by atoms with Crippen LogP contribution in [-0.4, -0.2) is 78.7 Å². The number of carbonyl (C=O) groups is 1. The fourth-order valence-corrected chi connectivity index (χ4v) is 3.71. The van der Waals surface area contributed by atoms with Crippen LogP contribution in [0.2, 0.25) is 0 Å². The van der Waals surface area contributed by atoms with E-state index in [2.05, 4.69) is 21.8 Å². The number of hydrogen-bond acceptors (Lipinski definition) is 7. The van der Waals surface area contributed by atoms with Crippen molar-refractivity contribution in [2.24, 2.45) is 4.99 Å². The van der Waals surface area contributed by atoms with Gasteiger partial charge in [0.2, 0.25) is 6.79 Å². The highest BCUT2D eigenvalue weighted by molar-refractivity contribution is 8.13. The van der Waals surface area contributed by atoms with Gasteiger partial charge in [0.1, 0.15) is 5.70 Å². The Labute approximate surface area is 157 Å². The van der Waals surface area contributed by atoms with Crippen LogP contribution in [0.1, 0.15) is 5.56 Å². The van der Waals surface area contributed by atoms with Crippen LogP contribution in [-0.2, 0) is 4.79 Å². The maximum atomic E-state index is 12.9. The van der Waals surface area contributed by atoms with E-state index in [9.17, 15) is 4.79 Å². The molecular formula is C18H22N4O3S. The topological polar surface area (TPSA) is 57.6 Å². The van der Waals surface area contributed by atoms with Crippen molar-refractivity contribution in [3.63, 3.8) is 0 Å². The zero-order chi connectivity index (χ0) is 18.1. The number of likely N-dealkylation sites (N-methyl/N-ethyl adjacent to an activating group) is 1. The second kappa shape index (κ2) is 7.30. The molecule has 3 aliphatic heterocycles. The molecule has 0 aliphatic carbocycles. The fraction of sp³-hybridized carbons (Fsp3) is 0.444. The minimum atomic E-state index is -0.0501. The minimum absolute atomic E-state index is 0.0501. The van der Waals surface area contributed by atoms with Gasteiger partial charge >= 0.3 is 0 Å². The average molecular weight is 374 g/mol. The van der Waals surface area contributed by atoms with Crippen molar-refractivity contribution < 1.29 is 14.3 Å². The molecule has 7 nitrogen and oxygen atoms in total.